The van der Waals surface area contributed by atoms with E-state index >= 15 is 0 Å². The second kappa shape index (κ2) is 7.78. The van der Waals surface area contributed by atoms with Gasteiger partial charge in [-0.3, -0.25) is 9.59 Å². The Bertz CT molecular complexity index is 496. The summed E-state index contributed by atoms with van der Waals surface area (Å²) < 4.78 is 5.19. The lowest BCUT2D eigenvalue weighted by Crippen LogP contribution is -2.45. The zero-order valence-corrected chi connectivity index (χ0v) is 12.4. The fourth-order valence-corrected chi connectivity index (χ4v) is 2.31. The summed E-state index contributed by atoms with van der Waals surface area (Å²) in [7, 11) is 0. The Hall–Kier alpha value is -1.88. The number of carbonyl (C=O) groups is 2. The van der Waals surface area contributed by atoms with Crippen molar-refractivity contribution >= 4 is 11.8 Å². The molecule has 1 aromatic rings. The fourth-order valence-electron chi connectivity index (χ4n) is 2.31. The lowest BCUT2D eigenvalue weighted by molar-refractivity contribution is -0.136. The lowest BCUT2D eigenvalue weighted by Gasteiger charge is -2.26. The number of nitrogens with one attached hydrogen (secondary N) is 1. The summed E-state index contributed by atoms with van der Waals surface area (Å²) in [5.74, 6) is -0.125. The van der Waals surface area contributed by atoms with Crippen LogP contribution < -0.4 is 5.32 Å². The van der Waals surface area contributed by atoms with E-state index in [-0.39, 0.29) is 18.4 Å². The lowest BCUT2D eigenvalue weighted by atomic mass is 10.1. The second-order valence-corrected chi connectivity index (χ2v) is 5.26. The molecule has 1 aliphatic heterocycles. The molecule has 2 amide bonds. The highest BCUT2D eigenvalue weighted by Crippen LogP contribution is 2.06. The standard InChI is InChI=1S/C16H22N2O3/c1-13-3-2-4-14(11-13)5-6-15(19)17-12-16(20)18-7-9-21-10-8-18/h2-4,11H,5-10,12H2,1H3,(H,17,19). The van der Waals surface area contributed by atoms with Crippen molar-refractivity contribution in [3.63, 3.8) is 0 Å². The molecule has 1 heterocycles. The molecule has 0 radical (unpaired) electrons. The fraction of sp³-hybridized carbons (Fsp3) is 0.500. The van der Waals surface area contributed by atoms with Gasteiger partial charge in [-0.05, 0) is 18.9 Å². The summed E-state index contributed by atoms with van der Waals surface area (Å²) in [6.45, 7) is 4.48. The van der Waals surface area contributed by atoms with Crippen molar-refractivity contribution < 1.29 is 14.3 Å². The number of carbonyl (C=O) groups excluding carboxylic acids is 2. The molecular formula is C16H22N2O3. The van der Waals surface area contributed by atoms with Gasteiger partial charge in [0.25, 0.3) is 0 Å². The monoisotopic (exact) mass is 290 g/mol. The number of hydrogen-bond acceptors (Lipinski definition) is 3. The third kappa shape index (κ3) is 5.19. The largest absolute Gasteiger partial charge is 0.378 e. The molecule has 0 aromatic heterocycles. The minimum absolute atomic E-state index is 0.0396. The first-order valence-electron chi connectivity index (χ1n) is 7.33. The highest BCUT2D eigenvalue weighted by Gasteiger charge is 2.16. The van der Waals surface area contributed by atoms with Gasteiger partial charge in [0.2, 0.25) is 11.8 Å². The molecular weight excluding hydrogens is 268 g/mol. The van der Waals surface area contributed by atoms with E-state index in [4.69, 9.17) is 4.74 Å². The van der Waals surface area contributed by atoms with E-state index < -0.39 is 0 Å². The minimum atomic E-state index is -0.0851. The quantitative estimate of drug-likeness (QED) is 0.876. The van der Waals surface area contributed by atoms with E-state index in [1.54, 1.807) is 4.90 Å². The molecule has 1 N–H and O–H groups in total. The first-order valence-corrected chi connectivity index (χ1v) is 7.33. The van der Waals surface area contributed by atoms with Crippen molar-refractivity contribution in [2.45, 2.75) is 19.8 Å². The van der Waals surface area contributed by atoms with E-state index in [1.807, 2.05) is 25.1 Å². The summed E-state index contributed by atoms with van der Waals surface area (Å²) in [6.07, 6.45) is 1.10. The maximum atomic E-state index is 11.9. The van der Waals surface area contributed by atoms with Crippen molar-refractivity contribution in [3.05, 3.63) is 35.4 Å². The van der Waals surface area contributed by atoms with Crippen LogP contribution in [0.1, 0.15) is 17.5 Å². The van der Waals surface area contributed by atoms with Gasteiger partial charge in [0.05, 0.1) is 19.8 Å². The second-order valence-electron chi connectivity index (χ2n) is 5.26. The molecule has 0 saturated carbocycles. The molecule has 0 aliphatic carbocycles. The van der Waals surface area contributed by atoms with Gasteiger partial charge < -0.3 is 15.0 Å². The number of rotatable bonds is 5. The molecule has 5 nitrogen and oxygen atoms in total. The van der Waals surface area contributed by atoms with Crippen molar-refractivity contribution in [1.82, 2.24) is 10.2 Å². The summed E-state index contributed by atoms with van der Waals surface area (Å²) in [6, 6.07) is 8.11. The van der Waals surface area contributed by atoms with Gasteiger partial charge in [0, 0.05) is 19.5 Å². The third-order valence-corrected chi connectivity index (χ3v) is 3.52. The van der Waals surface area contributed by atoms with Gasteiger partial charge in [0.15, 0.2) is 0 Å². The summed E-state index contributed by atoms with van der Waals surface area (Å²) in [5, 5.41) is 2.69. The van der Waals surface area contributed by atoms with E-state index in [9.17, 15) is 9.59 Å². The van der Waals surface area contributed by atoms with Crippen LogP contribution in [0.3, 0.4) is 0 Å². The molecule has 0 bridgehead atoms. The molecule has 1 aliphatic rings. The maximum Gasteiger partial charge on any atom is 0.242 e. The van der Waals surface area contributed by atoms with Gasteiger partial charge in [-0.2, -0.15) is 0 Å². The minimum Gasteiger partial charge on any atom is -0.378 e. The molecule has 1 fully saturated rings. The van der Waals surface area contributed by atoms with Crippen LogP contribution in [-0.2, 0) is 20.7 Å². The number of amides is 2. The molecule has 2 rings (SSSR count). The highest BCUT2D eigenvalue weighted by molar-refractivity contribution is 5.84. The van der Waals surface area contributed by atoms with Crippen LogP contribution in [0.4, 0.5) is 0 Å². The van der Waals surface area contributed by atoms with Crippen molar-refractivity contribution in [2.75, 3.05) is 32.8 Å². The van der Waals surface area contributed by atoms with E-state index in [1.165, 1.54) is 5.56 Å². The van der Waals surface area contributed by atoms with Gasteiger partial charge in [0.1, 0.15) is 0 Å². The average molecular weight is 290 g/mol. The zero-order valence-electron chi connectivity index (χ0n) is 12.4. The van der Waals surface area contributed by atoms with E-state index in [2.05, 4.69) is 11.4 Å². The Labute approximate surface area is 125 Å². The van der Waals surface area contributed by atoms with E-state index in [0.717, 1.165) is 5.56 Å². The normalized spacial score (nSPS) is 14.8. The SMILES string of the molecule is Cc1cccc(CCC(=O)NCC(=O)N2CCOCC2)c1. The van der Waals surface area contributed by atoms with Crippen LogP contribution in [0.25, 0.3) is 0 Å². The third-order valence-electron chi connectivity index (χ3n) is 3.52. The van der Waals surface area contributed by atoms with Crippen molar-refractivity contribution in [2.24, 2.45) is 0 Å². The smallest absolute Gasteiger partial charge is 0.242 e. The highest BCUT2D eigenvalue weighted by atomic mass is 16.5. The Morgan fingerprint density at radius 3 is 2.76 bits per heavy atom. The number of ether oxygens (including phenoxy) is 1. The van der Waals surface area contributed by atoms with Gasteiger partial charge in [-0.1, -0.05) is 29.8 Å². The number of aryl methyl sites for hydroxylation is 2. The van der Waals surface area contributed by atoms with Crippen LogP contribution in [0.5, 0.6) is 0 Å². The number of hydrogen-bond donors (Lipinski definition) is 1. The Balaban J connectivity index is 1.68. The molecule has 0 unspecified atom stereocenters. The molecule has 0 atom stereocenters. The first-order chi connectivity index (χ1) is 10.1. The molecule has 1 aromatic carbocycles. The molecule has 21 heavy (non-hydrogen) atoms. The Morgan fingerprint density at radius 2 is 2.05 bits per heavy atom. The Kier molecular flexibility index (Phi) is 5.75. The molecule has 5 heteroatoms. The Morgan fingerprint density at radius 1 is 1.29 bits per heavy atom. The molecule has 114 valence electrons. The topological polar surface area (TPSA) is 58.6 Å². The zero-order chi connectivity index (χ0) is 15.1. The van der Waals surface area contributed by atoms with Gasteiger partial charge in [-0.25, -0.2) is 0 Å². The van der Waals surface area contributed by atoms with Crippen LogP contribution in [-0.4, -0.2) is 49.6 Å². The number of benzene rings is 1. The summed E-state index contributed by atoms with van der Waals surface area (Å²) in [4.78, 5) is 25.4. The van der Waals surface area contributed by atoms with Crippen LogP contribution in [0.2, 0.25) is 0 Å². The first kappa shape index (κ1) is 15.5. The predicted octanol–water partition coefficient (Wildman–Crippen LogP) is 0.903. The van der Waals surface area contributed by atoms with Gasteiger partial charge in [-0.15, -0.1) is 0 Å². The van der Waals surface area contributed by atoms with Crippen molar-refractivity contribution in [1.29, 1.82) is 0 Å². The summed E-state index contributed by atoms with van der Waals surface area (Å²) in [5.41, 5.74) is 2.33. The van der Waals surface area contributed by atoms with Gasteiger partial charge >= 0.3 is 0 Å². The van der Waals surface area contributed by atoms with Crippen molar-refractivity contribution in [3.8, 4) is 0 Å². The maximum absolute atomic E-state index is 11.9. The van der Waals surface area contributed by atoms with Crippen LogP contribution in [0, 0.1) is 6.92 Å². The summed E-state index contributed by atoms with van der Waals surface area (Å²) >= 11 is 0. The molecule has 0 spiro atoms. The van der Waals surface area contributed by atoms with Crippen LogP contribution >= 0.6 is 0 Å². The number of nitrogens with zero attached hydrogens (tertiary/aromatic N) is 1. The average Bonchev–Trinajstić information content (AvgIpc) is 2.51. The van der Waals surface area contributed by atoms with E-state index in [0.29, 0.717) is 39.1 Å². The van der Waals surface area contributed by atoms with Crippen LogP contribution in [0.15, 0.2) is 24.3 Å². The predicted molar refractivity (Wildman–Crippen MR) is 79.9 cm³/mol. The molecule has 1 saturated heterocycles. The number of morpholine rings is 1.